The van der Waals surface area contributed by atoms with Crippen molar-refractivity contribution in [2.75, 3.05) is 0 Å². The van der Waals surface area contributed by atoms with Gasteiger partial charge in [-0.15, -0.1) is 0 Å². The molecule has 2 heterocycles. The Kier molecular flexibility index (Phi) is 3.57. The Balaban J connectivity index is 2.28. The number of hydrogen-bond donors (Lipinski definition) is 0. The zero-order chi connectivity index (χ0) is 13.6. The van der Waals surface area contributed by atoms with E-state index in [1.54, 1.807) is 0 Å². The van der Waals surface area contributed by atoms with Crippen LogP contribution in [0.3, 0.4) is 0 Å². The quantitative estimate of drug-likeness (QED) is 0.461. The lowest BCUT2D eigenvalue weighted by atomic mass is 10.2. The number of imidazole rings is 1. The molecule has 5 heteroatoms. The summed E-state index contributed by atoms with van der Waals surface area (Å²) >= 11 is 11.8. The van der Waals surface area contributed by atoms with Gasteiger partial charge in [0.05, 0.1) is 0 Å². The fourth-order valence-corrected chi connectivity index (χ4v) is 3.51. The van der Waals surface area contributed by atoms with Gasteiger partial charge in [-0.1, -0.05) is 23.7 Å². The maximum Gasteiger partial charge on any atom is 0.141 e. The molecule has 3 rings (SSSR count). The molecule has 0 spiro atoms. The van der Waals surface area contributed by atoms with Gasteiger partial charge in [0.15, 0.2) is 0 Å². The summed E-state index contributed by atoms with van der Waals surface area (Å²) in [4.78, 5) is 4.74. The predicted octanol–water partition coefficient (Wildman–Crippen LogP) is 5.33. The van der Waals surface area contributed by atoms with Crippen LogP contribution in [0.15, 0.2) is 41.0 Å². The first-order valence-corrected chi connectivity index (χ1v) is 7.91. The zero-order valence-corrected chi connectivity index (χ0v) is 14.5. The van der Waals surface area contributed by atoms with Gasteiger partial charge < -0.3 is 0 Å². The minimum Gasteiger partial charge on any atom is -0.293 e. The highest BCUT2D eigenvalue weighted by atomic mass is 127. The second-order valence-corrected chi connectivity index (χ2v) is 6.67. The van der Waals surface area contributed by atoms with E-state index in [1.807, 2.05) is 30.5 Å². The summed E-state index contributed by atoms with van der Waals surface area (Å²) in [5.74, 6) is 0. The Labute approximate surface area is 138 Å². The molecule has 1 aromatic carbocycles. The van der Waals surface area contributed by atoms with Crippen molar-refractivity contribution in [3.8, 4) is 11.3 Å². The normalized spacial score (nSPS) is 11.2. The zero-order valence-electron chi connectivity index (χ0n) is 9.99. The third-order valence-electron chi connectivity index (χ3n) is 2.93. The van der Waals surface area contributed by atoms with E-state index < -0.39 is 0 Å². The van der Waals surface area contributed by atoms with Gasteiger partial charge in [0.1, 0.15) is 15.0 Å². The average molecular weight is 448 g/mol. The van der Waals surface area contributed by atoms with Crippen LogP contribution in [0.1, 0.15) is 5.56 Å². The van der Waals surface area contributed by atoms with Gasteiger partial charge in [0.2, 0.25) is 0 Å². The molecule has 0 aliphatic heterocycles. The van der Waals surface area contributed by atoms with Crippen molar-refractivity contribution in [1.82, 2.24) is 9.38 Å². The van der Waals surface area contributed by atoms with E-state index in [1.165, 1.54) is 0 Å². The molecule has 3 aromatic rings. The second kappa shape index (κ2) is 5.07. The molecule has 2 nitrogen and oxygen atoms in total. The molecule has 0 radical (unpaired) electrons. The molecule has 96 valence electrons. The molecule has 0 aliphatic carbocycles. The summed E-state index contributed by atoms with van der Waals surface area (Å²) in [6.07, 6.45) is 2.04. The number of pyridine rings is 1. The van der Waals surface area contributed by atoms with Gasteiger partial charge in [0, 0.05) is 21.3 Å². The van der Waals surface area contributed by atoms with Crippen molar-refractivity contribution in [2.45, 2.75) is 6.92 Å². The highest BCUT2D eigenvalue weighted by Crippen LogP contribution is 2.29. The SMILES string of the molecule is Cc1cc(Br)cn2c(I)c(-c3ccc(Cl)cc3)nc12. The number of fused-ring (bicyclic) bond motifs is 1. The van der Waals surface area contributed by atoms with Crippen LogP contribution in [0, 0.1) is 10.6 Å². The van der Waals surface area contributed by atoms with Crippen LogP contribution in [-0.4, -0.2) is 9.38 Å². The highest BCUT2D eigenvalue weighted by molar-refractivity contribution is 14.1. The summed E-state index contributed by atoms with van der Waals surface area (Å²) < 4.78 is 4.25. The monoisotopic (exact) mass is 446 g/mol. The van der Waals surface area contributed by atoms with Gasteiger partial charge in [-0.2, -0.15) is 0 Å². The van der Waals surface area contributed by atoms with Gasteiger partial charge >= 0.3 is 0 Å². The van der Waals surface area contributed by atoms with Crippen LogP contribution >= 0.6 is 50.1 Å². The fraction of sp³-hybridized carbons (Fsp3) is 0.0714. The molecule has 0 unspecified atom stereocenters. The number of hydrogen-bond acceptors (Lipinski definition) is 1. The van der Waals surface area contributed by atoms with Crippen LogP contribution in [0.2, 0.25) is 5.02 Å². The van der Waals surface area contributed by atoms with Crippen molar-refractivity contribution in [1.29, 1.82) is 0 Å². The molecule has 0 N–H and O–H groups in total. The Bertz CT molecular complexity index is 765. The Hall–Kier alpha value is -0.590. The lowest BCUT2D eigenvalue weighted by Crippen LogP contribution is -1.90. The van der Waals surface area contributed by atoms with Crippen molar-refractivity contribution in [3.05, 3.63) is 55.3 Å². The summed E-state index contributed by atoms with van der Waals surface area (Å²) in [5.41, 5.74) is 4.19. The van der Waals surface area contributed by atoms with E-state index in [-0.39, 0.29) is 0 Å². The maximum absolute atomic E-state index is 5.93. The lowest BCUT2D eigenvalue weighted by Gasteiger charge is -2.00. The maximum atomic E-state index is 5.93. The largest absolute Gasteiger partial charge is 0.293 e. The van der Waals surface area contributed by atoms with E-state index in [0.717, 1.165) is 35.7 Å². The smallest absolute Gasteiger partial charge is 0.141 e. The van der Waals surface area contributed by atoms with Crippen LogP contribution in [0.5, 0.6) is 0 Å². The van der Waals surface area contributed by atoms with Crippen LogP contribution in [0.4, 0.5) is 0 Å². The molecule has 19 heavy (non-hydrogen) atoms. The standard InChI is InChI=1S/C14H9BrClIN2/c1-8-6-10(15)7-19-13(17)12(18-14(8)19)9-2-4-11(16)5-3-9/h2-7H,1H3. The molecule has 0 aliphatic rings. The average Bonchev–Trinajstić information content (AvgIpc) is 2.69. The van der Waals surface area contributed by atoms with Crippen molar-refractivity contribution >= 4 is 55.8 Å². The van der Waals surface area contributed by atoms with Crippen molar-refractivity contribution < 1.29 is 0 Å². The third kappa shape index (κ3) is 2.41. The summed E-state index contributed by atoms with van der Waals surface area (Å²) in [6.45, 7) is 2.06. The third-order valence-corrected chi connectivity index (χ3v) is 4.65. The second-order valence-electron chi connectivity index (χ2n) is 4.29. The molecule has 0 saturated heterocycles. The van der Waals surface area contributed by atoms with Crippen LogP contribution in [0.25, 0.3) is 16.9 Å². The van der Waals surface area contributed by atoms with Crippen molar-refractivity contribution in [3.63, 3.8) is 0 Å². The summed E-state index contributed by atoms with van der Waals surface area (Å²) in [5, 5.41) is 0.737. The highest BCUT2D eigenvalue weighted by Gasteiger charge is 2.13. The first kappa shape index (κ1) is 13.4. The van der Waals surface area contributed by atoms with E-state index in [9.17, 15) is 0 Å². The van der Waals surface area contributed by atoms with Crippen LogP contribution in [-0.2, 0) is 0 Å². The summed E-state index contributed by atoms with van der Waals surface area (Å²) in [6, 6.07) is 9.84. The Morgan fingerprint density at radius 2 is 1.95 bits per heavy atom. The van der Waals surface area contributed by atoms with Crippen LogP contribution < -0.4 is 0 Å². The van der Waals surface area contributed by atoms with E-state index >= 15 is 0 Å². The molecule has 0 saturated carbocycles. The van der Waals surface area contributed by atoms with Gasteiger partial charge in [-0.3, -0.25) is 4.40 Å². The lowest BCUT2D eigenvalue weighted by molar-refractivity contribution is 1.12. The molecular formula is C14H9BrClIN2. The Morgan fingerprint density at radius 3 is 2.63 bits per heavy atom. The van der Waals surface area contributed by atoms with E-state index in [4.69, 9.17) is 16.6 Å². The van der Waals surface area contributed by atoms with Gasteiger partial charge in [-0.05, 0) is 69.2 Å². The molecular weight excluding hydrogens is 438 g/mol. The van der Waals surface area contributed by atoms with Crippen molar-refractivity contribution in [2.24, 2.45) is 0 Å². The number of rotatable bonds is 1. The first-order chi connectivity index (χ1) is 9.06. The number of aryl methyl sites for hydroxylation is 1. The minimum absolute atomic E-state index is 0.737. The minimum atomic E-state index is 0.737. The molecule has 0 bridgehead atoms. The molecule has 0 fully saturated rings. The number of nitrogens with zero attached hydrogens (tertiary/aromatic N) is 2. The molecule has 0 atom stereocenters. The van der Waals surface area contributed by atoms with Gasteiger partial charge in [0.25, 0.3) is 0 Å². The van der Waals surface area contributed by atoms with E-state index in [2.05, 4.69) is 55.9 Å². The first-order valence-electron chi connectivity index (χ1n) is 5.66. The topological polar surface area (TPSA) is 17.3 Å². The Morgan fingerprint density at radius 1 is 1.26 bits per heavy atom. The van der Waals surface area contributed by atoms with Gasteiger partial charge in [-0.25, -0.2) is 4.98 Å². The number of aromatic nitrogens is 2. The number of benzene rings is 1. The van der Waals surface area contributed by atoms with E-state index in [0.29, 0.717) is 0 Å². The fourth-order valence-electron chi connectivity index (χ4n) is 2.03. The number of halogens is 3. The molecule has 2 aromatic heterocycles. The summed E-state index contributed by atoms with van der Waals surface area (Å²) in [7, 11) is 0. The molecule has 0 amide bonds. The predicted molar refractivity (Wildman–Crippen MR) is 90.8 cm³/mol.